The number of methoxy groups -OCH3 is 2. The lowest BCUT2D eigenvalue weighted by Crippen LogP contribution is -2.47. The number of carbonyl (C=O) groups is 3. The first-order valence-electron chi connectivity index (χ1n) is 9.36. The summed E-state index contributed by atoms with van der Waals surface area (Å²) in [7, 11) is 2.78. The number of ether oxygens (including phenoxy) is 3. The number of hydrogen-bond acceptors (Lipinski definition) is 8. The fraction of sp³-hybridized carbons (Fsp3) is 0.550. The number of cyclic esters (lactones) is 1. The van der Waals surface area contributed by atoms with E-state index in [0.717, 1.165) is 5.56 Å². The van der Waals surface area contributed by atoms with Gasteiger partial charge in [-0.2, -0.15) is 11.8 Å². The third kappa shape index (κ3) is 6.11. The van der Waals surface area contributed by atoms with Gasteiger partial charge in [-0.05, 0) is 37.8 Å². The lowest BCUT2D eigenvalue weighted by molar-refractivity contribution is -0.145. The van der Waals surface area contributed by atoms with Crippen molar-refractivity contribution in [3.8, 4) is 5.75 Å². The molecule has 9 heteroatoms. The van der Waals surface area contributed by atoms with Crippen LogP contribution in [0, 0.1) is 6.92 Å². The van der Waals surface area contributed by atoms with Gasteiger partial charge in [0.05, 0.1) is 26.4 Å². The second-order valence-corrected chi connectivity index (χ2v) is 7.70. The van der Waals surface area contributed by atoms with Crippen molar-refractivity contribution in [2.75, 3.05) is 26.6 Å². The molecule has 0 aromatic heterocycles. The monoisotopic (exact) mass is 425 g/mol. The Morgan fingerprint density at radius 1 is 1.28 bits per heavy atom. The molecule has 1 heterocycles. The van der Waals surface area contributed by atoms with Crippen LogP contribution in [0.3, 0.4) is 0 Å². The zero-order valence-corrected chi connectivity index (χ0v) is 17.7. The average molecular weight is 426 g/mol. The Morgan fingerprint density at radius 2 is 2.03 bits per heavy atom. The van der Waals surface area contributed by atoms with Gasteiger partial charge in [-0.1, -0.05) is 6.07 Å². The lowest BCUT2D eigenvalue weighted by atomic mass is 10.0. The number of carbonyl (C=O) groups excluding carboxylic acids is 3. The summed E-state index contributed by atoms with van der Waals surface area (Å²) in [5.41, 5.74) is 1.89. The van der Waals surface area contributed by atoms with Gasteiger partial charge in [0.1, 0.15) is 17.9 Å². The van der Waals surface area contributed by atoms with Gasteiger partial charge >= 0.3 is 11.9 Å². The molecule has 1 aliphatic heterocycles. The van der Waals surface area contributed by atoms with E-state index >= 15 is 0 Å². The van der Waals surface area contributed by atoms with Crippen molar-refractivity contribution in [3.05, 3.63) is 28.8 Å². The summed E-state index contributed by atoms with van der Waals surface area (Å²) in [4.78, 5) is 36.9. The minimum absolute atomic E-state index is 0.182. The van der Waals surface area contributed by atoms with E-state index < -0.39 is 30.0 Å². The highest BCUT2D eigenvalue weighted by Crippen LogP contribution is 2.28. The molecule has 160 valence electrons. The van der Waals surface area contributed by atoms with Crippen molar-refractivity contribution >= 4 is 29.6 Å². The summed E-state index contributed by atoms with van der Waals surface area (Å²) >= 11 is 1.36. The summed E-state index contributed by atoms with van der Waals surface area (Å²) < 4.78 is 15.5. The van der Waals surface area contributed by atoms with Crippen molar-refractivity contribution in [3.63, 3.8) is 0 Å². The quantitative estimate of drug-likeness (QED) is 0.688. The topological polar surface area (TPSA) is 111 Å². The van der Waals surface area contributed by atoms with Crippen LogP contribution in [-0.2, 0) is 24.8 Å². The predicted octanol–water partition coefficient (Wildman–Crippen LogP) is 1.60. The van der Waals surface area contributed by atoms with E-state index in [1.807, 2.05) is 0 Å². The molecule has 2 N–H and O–H groups in total. The highest BCUT2D eigenvalue weighted by atomic mass is 32.2. The van der Waals surface area contributed by atoms with Crippen molar-refractivity contribution in [2.24, 2.45) is 0 Å². The standard InChI is InChI=1S/C20H27NO7S/c1-12-16(26-2)8-7-13-10-29-11-14(19(24)27-3)21-18(23)15(22)6-4-5-9-28-20(25)17(12)13/h7-8,14-15,22H,4-6,9-11H2,1-3H3,(H,21,23). The molecule has 0 spiro atoms. The van der Waals surface area contributed by atoms with Crippen LogP contribution in [0.2, 0.25) is 0 Å². The van der Waals surface area contributed by atoms with Crippen LogP contribution >= 0.6 is 11.8 Å². The Balaban J connectivity index is 2.29. The zero-order chi connectivity index (χ0) is 21.4. The van der Waals surface area contributed by atoms with Gasteiger partial charge < -0.3 is 24.6 Å². The normalized spacial score (nSPS) is 21.7. The average Bonchev–Trinajstić information content (AvgIpc) is 2.71. The van der Waals surface area contributed by atoms with Crippen molar-refractivity contribution in [2.45, 2.75) is 44.1 Å². The van der Waals surface area contributed by atoms with Crippen LogP contribution in [0.4, 0.5) is 0 Å². The van der Waals surface area contributed by atoms with E-state index in [2.05, 4.69) is 5.32 Å². The number of nitrogens with one attached hydrogen (secondary N) is 1. The fourth-order valence-electron chi connectivity index (χ4n) is 3.05. The molecule has 0 aliphatic carbocycles. The molecule has 2 rings (SSSR count). The van der Waals surface area contributed by atoms with Gasteiger partial charge in [0.2, 0.25) is 5.91 Å². The van der Waals surface area contributed by atoms with Crippen LogP contribution in [0.1, 0.15) is 40.7 Å². The van der Waals surface area contributed by atoms with E-state index in [9.17, 15) is 19.5 Å². The third-order valence-electron chi connectivity index (χ3n) is 4.68. The first-order valence-corrected chi connectivity index (χ1v) is 10.5. The maximum atomic E-state index is 12.7. The molecule has 29 heavy (non-hydrogen) atoms. The number of aliphatic hydroxyl groups is 1. The van der Waals surface area contributed by atoms with Crippen LogP contribution in [0.15, 0.2) is 12.1 Å². The molecule has 1 aromatic carbocycles. The van der Waals surface area contributed by atoms with Gasteiger partial charge in [0, 0.05) is 17.1 Å². The van der Waals surface area contributed by atoms with Gasteiger partial charge in [-0.25, -0.2) is 9.59 Å². The molecule has 0 bridgehead atoms. The van der Waals surface area contributed by atoms with Crippen LogP contribution in [0.25, 0.3) is 0 Å². The second kappa shape index (κ2) is 11.1. The minimum Gasteiger partial charge on any atom is -0.496 e. The zero-order valence-electron chi connectivity index (χ0n) is 16.9. The Kier molecular flexibility index (Phi) is 8.78. The number of thioether (sulfide) groups is 1. The largest absolute Gasteiger partial charge is 0.496 e. The van der Waals surface area contributed by atoms with E-state index in [0.29, 0.717) is 35.5 Å². The van der Waals surface area contributed by atoms with Gasteiger partial charge in [0.25, 0.3) is 0 Å². The van der Waals surface area contributed by atoms with E-state index in [1.54, 1.807) is 19.1 Å². The number of rotatable bonds is 2. The lowest BCUT2D eigenvalue weighted by Gasteiger charge is -2.19. The number of esters is 2. The smallest absolute Gasteiger partial charge is 0.338 e. The Hall–Kier alpha value is -2.26. The van der Waals surface area contributed by atoms with Crippen molar-refractivity contribution < 1.29 is 33.7 Å². The first-order chi connectivity index (χ1) is 13.9. The van der Waals surface area contributed by atoms with Crippen LogP contribution in [-0.4, -0.2) is 61.7 Å². The highest BCUT2D eigenvalue weighted by Gasteiger charge is 2.26. The molecule has 0 saturated carbocycles. The molecule has 1 aromatic rings. The van der Waals surface area contributed by atoms with Crippen LogP contribution < -0.4 is 10.1 Å². The first kappa shape index (κ1) is 23.0. The summed E-state index contributed by atoms with van der Waals surface area (Å²) in [6, 6.07) is 2.68. The third-order valence-corrected chi connectivity index (χ3v) is 5.76. The molecule has 8 nitrogen and oxygen atoms in total. The van der Waals surface area contributed by atoms with Crippen molar-refractivity contribution in [1.29, 1.82) is 0 Å². The van der Waals surface area contributed by atoms with Crippen molar-refractivity contribution in [1.82, 2.24) is 5.32 Å². The maximum absolute atomic E-state index is 12.7. The Bertz CT molecular complexity index is 753. The molecule has 2 atom stereocenters. The summed E-state index contributed by atoms with van der Waals surface area (Å²) in [5, 5.41) is 12.6. The minimum atomic E-state index is -1.24. The molecule has 0 radical (unpaired) electrons. The molecular formula is C20H27NO7S. The van der Waals surface area contributed by atoms with E-state index in [1.165, 1.54) is 26.0 Å². The number of benzene rings is 1. The van der Waals surface area contributed by atoms with Crippen LogP contribution in [0.5, 0.6) is 5.75 Å². The number of hydrogen-bond donors (Lipinski definition) is 2. The van der Waals surface area contributed by atoms with E-state index in [-0.39, 0.29) is 18.8 Å². The Morgan fingerprint density at radius 3 is 2.72 bits per heavy atom. The molecule has 2 unspecified atom stereocenters. The molecule has 0 fully saturated rings. The van der Waals surface area contributed by atoms with Gasteiger partial charge in [0.15, 0.2) is 0 Å². The molecular weight excluding hydrogens is 398 g/mol. The number of amides is 1. The molecule has 0 saturated heterocycles. The highest BCUT2D eigenvalue weighted by molar-refractivity contribution is 7.98. The van der Waals surface area contributed by atoms with Gasteiger partial charge in [-0.15, -0.1) is 0 Å². The summed E-state index contributed by atoms with van der Waals surface area (Å²) in [6.07, 6.45) is -0.0438. The van der Waals surface area contributed by atoms with Gasteiger partial charge in [-0.3, -0.25) is 4.79 Å². The SMILES string of the molecule is COC(=O)C1CSCc2ccc(OC)c(C)c2C(=O)OCCCCC(O)C(=O)N1. The van der Waals surface area contributed by atoms with E-state index in [4.69, 9.17) is 14.2 Å². The molecule has 1 aliphatic rings. The number of fused-ring (bicyclic) bond motifs is 1. The second-order valence-electron chi connectivity index (χ2n) is 6.67. The Labute approximate surface area is 174 Å². The molecule has 1 amide bonds. The summed E-state index contributed by atoms with van der Waals surface area (Å²) in [6.45, 7) is 1.98. The maximum Gasteiger partial charge on any atom is 0.338 e. The summed E-state index contributed by atoms with van der Waals surface area (Å²) in [5.74, 6) is -0.411. The predicted molar refractivity (Wildman–Crippen MR) is 108 cm³/mol. The fourth-order valence-corrected chi connectivity index (χ4v) is 4.08. The number of aliphatic hydroxyl groups excluding tert-OH is 1.